The lowest BCUT2D eigenvalue weighted by Gasteiger charge is -2.12. The van der Waals surface area contributed by atoms with Crippen LogP contribution in [-0.2, 0) is 0 Å². The maximum absolute atomic E-state index is 5.10. The molecule has 0 aliphatic heterocycles. The van der Waals surface area contributed by atoms with Crippen LogP contribution in [0.3, 0.4) is 0 Å². The Labute approximate surface area is 585 Å². The predicted molar refractivity (Wildman–Crippen MR) is 417 cm³/mol. The van der Waals surface area contributed by atoms with Gasteiger partial charge in [-0.25, -0.2) is 29.9 Å². The molecule has 0 aliphatic rings. The first-order chi connectivity index (χ1) is 50.5. The van der Waals surface area contributed by atoms with E-state index < -0.39 is 0 Å². The first-order valence-electron chi connectivity index (χ1n) is 34.0. The molecule has 10 aromatic heterocycles. The Morgan fingerprint density at radius 1 is 0.147 bits per heavy atom. The normalized spacial score (nSPS) is 11.5. The fourth-order valence-corrected chi connectivity index (χ4v) is 14.1. The smallest absolute Gasteiger partial charge is 0.0972 e. The van der Waals surface area contributed by atoms with Crippen molar-refractivity contribution in [1.82, 2.24) is 49.8 Å². The van der Waals surface area contributed by atoms with Gasteiger partial charge in [-0.05, 0) is 205 Å². The van der Waals surface area contributed by atoms with Gasteiger partial charge in [0.15, 0.2) is 0 Å². The zero-order valence-corrected chi connectivity index (χ0v) is 54.8. The summed E-state index contributed by atoms with van der Waals surface area (Å²) < 4.78 is 0. The quantitative estimate of drug-likeness (QED) is 0.129. The summed E-state index contributed by atoms with van der Waals surface area (Å²) >= 11 is 0. The summed E-state index contributed by atoms with van der Waals surface area (Å²) in [6.07, 6.45) is 7.19. The summed E-state index contributed by atoms with van der Waals surface area (Å²) in [7, 11) is 0. The van der Waals surface area contributed by atoms with E-state index in [0.717, 1.165) is 167 Å². The first-order valence-corrected chi connectivity index (χ1v) is 34.0. The van der Waals surface area contributed by atoms with Crippen molar-refractivity contribution in [2.45, 2.75) is 0 Å². The number of pyridine rings is 10. The molecule has 10 aromatic carbocycles. The fraction of sp³-hybridized carbons (Fsp3) is 0. The molecular weight excluding hydrogens is 1250 g/mol. The first kappa shape index (κ1) is 59.3. The zero-order valence-electron chi connectivity index (χ0n) is 54.8. The third-order valence-electron chi connectivity index (χ3n) is 19.3. The largest absolute Gasteiger partial charge is 0.255 e. The highest BCUT2D eigenvalue weighted by Gasteiger charge is 2.16. The summed E-state index contributed by atoms with van der Waals surface area (Å²) in [6.45, 7) is 0. The Hall–Kier alpha value is -14.0. The topological polar surface area (TPSA) is 129 Å². The van der Waals surface area contributed by atoms with Gasteiger partial charge < -0.3 is 0 Å². The van der Waals surface area contributed by atoms with Crippen LogP contribution >= 0.6 is 0 Å². The van der Waals surface area contributed by atoms with Crippen LogP contribution in [0.2, 0.25) is 0 Å². The molecule has 102 heavy (non-hydrogen) atoms. The van der Waals surface area contributed by atoms with Crippen molar-refractivity contribution in [3.63, 3.8) is 0 Å². The van der Waals surface area contributed by atoms with Crippen molar-refractivity contribution in [2.75, 3.05) is 0 Å². The number of aromatic nitrogens is 10. The average molecular weight is 1300 g/mol. The SMILES string of the molecule is c1ccc(-c2cc(-c3ccc(-c4ccc5cc(-c6ccc7nc(-c8ccc9ccc%10cccnc%10c9n8)ccc7c6)ccc5n4)cc3)cc(-c3ccccn3)n2)nc1.c1ccc(-c2ccc3cc(-c4ccc5nc(-c6ccc7c8ccccc8c8ccccc8c7c6)ccc5c4)ccc3n2)nc1. The molecule has 10 heteroatoms. The molecule has 0 saturated heterocycles. The van der Waals surface area contributed by atoms with Gasteiger partial charge in [0.25, 0.3) is 0 Å². The number of hydrogen-bond donors (Lipinski definition) is 0. The average Bonchev–Trinajstić information content (AvgIpc) is 0.748. The third-order valence-corrected chi connectivity index (χ3v) is 19.3. The molecule has 10 heterocycles. The van der Waals surface area contributed by atoms with E-state index >= 15 is 0 Å². The van der Waals surface area contributed by atoms with Crippen molar-refractivity contribution in [3.8, 4) is 101 Å². The molecule has 10 nitrogen and oxygen atoms in total. The standard InChI is InChI=1S/C51H31N7.C41H25N3/c1-3-25-52-44(7-1)48-30-40(31-49(57-48)45-8-2-4-26-53-45)32-9-11-33(12-10-32)41-22-18-38-28-36(16-20-42(38)55-41)37-17-21-43-39(29-37)19-24-46(56-43)47-23-15-35-14-13-34-6-5-27-54-50(34)51(35)58-47;1-2-9-33-31(7-1)32-8-3-4-10-34(32)36-25-30(12-17-35(33)36)39-20-15-28-23-26(13-18-37(28)43-39)27-14-19-38-29(24-27)16-21-41(44-38)40-11-5-6-22-42-40/h1-31H;1-25H. The number of nitrogens with zero attached hydrogens (tertiary/aromatic N) is 10. The van der Waals surface area contributed by atoms with E-state index in [0.29, 0.717) is 0 Å². The highest BCUT2D eigenvalue weighted by molar-refractivity contribution is 6.25. The highest BCUT2D eigenvalue weighted by Crippen LogP contribution is 2.39. The van der Waals surface area contributed by atoms with E-state index in [4.69, 9.17) is 29.9 Å². The van der Waals surface area contributed by atoms with E-state index in [1.165, 1.54) is 32.3 Å². The van der Waals surface area contributed by atoms with Crippen LogP contribution in [0.1, 0.15) is 0 Å². The van der Waals surface area contributed by atoms with E-state index in [1.807, 2.05) is 85.1 Å². The highest BCUT2D eigenvalue weighted by atomic mass is 14.8. The predicted octanol–water partition coefficient (Wildman–Crippen LogP) is 22.7. The number of rotatable bonds is 9. The van der Waals surface area contributed by atoms with Gasteiger partial charge in [0, 0.05) is 68.2 Å². The van der Waals surface area contributed by atoms with Crippen molar-refractivity contribution in [2.24, 2.45) is 0 Å². The third kappa shape index (κ3) is 11.2. The Morgan fingerprint density at radius 3 is 0.990 bits per heavy atom. The van der Waals surface area contributed by atoms with Crippen LogP contribution in [0.25, 0.3) is 199 Å². The Balaban J connectivity index is 0.000000147. The molecule has 0 N–H and O–H groups in total. The summed E-state index contributed by atoms with van der Waals surface area (Å²) in [4.78, 5) is 48.1. The van der Waals surface area contributed by atoms with Gasteiger partial charge >= 0.3 is 0 Å². The van der Waals surface area contributed by atoms with Crippen molar-refractivity contribution in [3.05, 3.63) is 340 Å². The number of fused-ring (bicyclic) bond motifs is 13. The maximum Gasteiger partial charge on any atom is 0.0972 e. The van der Waals surface area contributed by atoms with Crippen LogP contribution < -0.4 is 0 Å². The molecule has 0 bridgehead atoms. The minimum absolute atomic E-state index is 0.800. The van der Waals surface area contributed by atoms with Gasteiger partial charge in [0.2, 0.25) is 0 Å². The summed E-state index contributed by atoms with van der Waals surface area (Å²) in [5.41, 5.74) is 23.0. The van der Waals surface area contributed by atoms with Gasteiger partial charge in [-0.3, -0.25) is 19.9 Å². The monoisotopic (exact) mass is 1300 g/mol. The second-order valence-corrected chi connectivity index (χ2v) is 25.5. The van der Waals surface area contributed by atoms with Crippen LogP contribution in [0, 0.1) is 0 Å². The fourth-order valence-electron chi connectivity index (χ4n) is 14.1. The van der Waals surface area contributed by atoms with Crippen LogP contribution in [0.5, 0.6) is 0 Å². The second-order valence-electron chi connectivity index (χ2n) is 25.5. The molecule has 20 aromatic rings. The molecule has 0 atom stereocenters. The van der Waals surface area contributed by atoms with Gasteiger partial charge in [0.05, 0.1) is 90.0 Å². The zero-order chi connectivity index (χ0) is 67.5. The summed E-state index contributed by atoms with van der Waals surface area (Å²) in [5, 5.41) is 14.2. The molecule has 20 rings (SSSR count). The lowest BCUT2D eigenvalue weighted by molar-refractivity contribution is 1.22. The molecule has 0 amide bonds. The number of benzene rings is 10. The summed E-state index contributed by atoms with van der Waals surface area (Å²) in [6, 6.07) is 110. The van der Waals surface area contributed by atoms with Crippen molar-refractivity contribution >= 4 is 97.7 Å². The van der Waals surface area contributed by atoms with Crippen LogP contribution in [0.4, 0.5) is 0 Å². The van der Waals surface area contributed by atoms with Gasteiger partial charge in [-0.2, -0.15) is 0 Å². The molecule has 0 fully saturated rings. The lowest BCUT2D eigenvalue weighted by Crippen LogP contribution is -1.94. The van der Waals surface area contributed by atoms with Crippen molar-refractivity contribution in [1.29, 1.82) is 0 Å². The van der Waals surface area contributed by atoms with Gasteiger partial charge in [-0.1, -0.05) is 176 Å². The molecular formula is C92H56N10. The van der Waals surface area contributed by atoms with Crippen molar-refractivity contribution < 1.29 is 0 Å². The van der Waals surface area contributed by atoms with Crippen LogP contribution in [0.15, 0.2) is 340 Å². The van der Waals surface area contributed by atoms with Gasteiger partial charge in [-0.15, -0.1) is 0 Å². The minimum atomic E-state index is 0.800. The molecule has 0 radical (unpaired) electrons. The molecule has 0 aliphatic carbocycles. The van der Waals surface area contributed by atoms with E-state index in [9.17, 15) is 0 Å². The molecule has 474 valence electrons. The molecule has 0 spiro atoms. The van der Waals surface area contributed by atoms with Gasteiger partial charge in [0.1, 0.15) is 0 Å². The Morgan fingerprint density at radius 2 is 0.500 bits per heavy atom. The molecule has 0 saturated carbocycles. The lowest BCUT2D eigenvalue weighted by atomic mass is 9.93. The summed E-state index contributed by atoms with van der Waals surface area (Å²) in [5.74, 6) is 0. The Bertz CT molecular complexity index is 6600. The second kappa shape index (κ2) is 25.2. The van der Waals surface area contributed by atoms with E-state index in [1.54, 1.807) is 18.6 Å². The maximum atomic E-state index is 5.10. The molecule has 0 unspecified atom stereocenters. The minimum Gasteiger partial charge on any atom is -0.255 e. The van der Waals surface area contributed by atoms with E-state index in [-0.39, 0.29) is 0 Å². The van der Waals surface area contributed by atoms with Crippen LogP contribution in [-0.4, -0.2) is 49.8 Å². The Kier molecular flexibility index (Phi) is 14.6. The number of hydrogen-bond acceptors (Lipinski definition) is 10. The van der Waals surface area contributed by atoms with E-state index in [2.05, 4.69) is 257 Å².